The fourth-order valence-corrected chi connectivity index (χ4v) is 2.54. The number of benzene rings is 1. The number of piperazine rings is 1. The van der Waals surface area contributed by atoms with Crippen LogP contribution in [0.4, 0.5) is 5.69 Å². The molecule has 0 aliphatic carbocycles. The predicted octanol–water partition coefficient (Wildman–Crippen LogP) is 1.87. The maximum Gasteiger partial charge on any atom is 0.242 e. The molecule has 1 aromatic carbocycles. The highest BCUT2D eigenvalue weighted by atomic mass is 35.5. The second-order valence-corrected chi connectivity index (χ2v) is 4.64. The van der Waals surface area contributed by atoms with Crippen molar-refractivity contribution < 1.29 is 9.59 Å². The van der Waals surface area contributed by atoms with Crippen molar-refractivity contribution in [2.75, 3.05) is 18.0 Å². The highest BCUT2D eigenvalue weighted by molar-refractivity contribution is 6.33. The highest BCUT2D eigenvalue weighted by Gasteiger charge is 2.29. The lowest BCUT2D eigenvalue weighted by Gasteiger charge is -2.36. The van der Waals surface area contributed by atoms with Gasteiger partial charge >= 0.3 is 0 Å². The third-order valence-corrected chi connectivity index (χ3v) is 3.44. The lowest BCUT2D eigenvalue weighted by molar-refractivity contribution is -0.123. The molecule has 1 aliphatic rings. The van der Waals surface area contributed by atoms with E-state index in [0.29, 0.717) is 17.1 Å². The van der Waals surface area contributed by atoms with Gasteiger partial charge in [-0.25, -0.2) is 0 Å². The standard InChI is InChI=1S/C13H15ClN2O2/c1-2-11-13(18)15-5-6-16(11)12-4-3-9(8-17)7-10(12)14/h3-4,7-8,11H,2,5-6H2,1H3,(H,15,18). The zero-order chi connectivity index (χ0) is 13.1. The third-order valence-electron chi connectivity index (χ3n) is 3.13. The van der Waals surface area contributed by atoms with E-state index in [0.717, 1.165) is 24.9 Å². The van der Waals surface area contributed by atoms with Gasteiger partial charge in [0.1, 0.15) is 12.3 Å². The Kier molecular flexibility index (Phi) is 3.87. The van der Waals surface area contributed by atoms with E-state index in [1.54, 1.807) is 18.2 Å². The SMILES string of the molecule is CCC1C(=O)NCCN1c1ccc(C=O)cc1Cl. The van der Waals surface area contributed by atoms with Gasteiger partial charge < -0.3 is 10.2 Å². The molecule has 2 rings (SSSR count). The number of carbonyl (C=O) groups is 2. The Morgan fingerprint density at radius 1 is 1.56 bits per heavy atom. The van der Waals surface area contributed by atoms with Gasteiger partial charge in [0.05, 0.1) is 10.7 Å². The Hall–Kier alpha value is -1.55. The molecular formula is C13H15ClN2O2. The molecule has 4 nitrogen and oxygen atoms in total. The van der Waals surface area contributed by atoms with Crippen LogP contribution in [0.3, 0.4) is 0 Å². The monoisotopic (exact) mass is 266 g/mol. The zero-order valence-corrected chi connectivity index (χ0v) is 10.9. The summed E-state index contributed by atoms with van der Waals surface area (Å²) in [5, 5.41) is 3.35. The first-order valence-electron chi connectivity index (χ1n) is 5.96. The summed E-state index contributed by atoms with van der Waals surface area (Å²) < 4.78 is 0. The minimum absolute atomic E-state index is 0.0271. The third kappa shape index (κ3) is 2.34. The number of nitrogens with zero attached hydrogens (tertiary/aromatic N) is 1. The van der Waals surface area contributed by atoms with E-state index < -0.39 is 0 Å². The van der Waals surface area contributed by atoms with E-state index in [9.17, 15) is 9.59 Å². The molecule has 0 spiro atoms. The van der Waals surface area contributed by atoms with Gasteiger partial charge in [0, 0.05) is 18.7 Å². The second kappa shape index (κ2) is 5.40. The van der Waals surface area contributed by atoms with Gasteiger partial charge in [-0.3, -0.25) is 9.59 Å². The van der Waals surface area contributed by atoms with Gasteiger partial charge in [-0.2, -0.15) is 0 Å². The van der Waals surface area contributed by atoms with E-state index in [4.69, 9.17) is 11.6 Å². The minimum atomic E-state index is -0.196. The van der Waals surface area contributed by atoms with Crippen LogP contribution < -0.4 is 10.2 Å². The smallest absolute Gasteiger partial charge is 0.242 e. The molecule has 1 N–H and O–H groups in total. The number of hydrogen-bond donors (Lipinski definition) is 1. The first-order chi connectivity index (χ1) is 8.67. The van der Waals surface area contributed by atoms with Crippen molar-refractivity contribution in [3.8, 4) is 0 Å². The molecule has 0 bridgehead atoms. The topological polar surface area (TPSA) is 49.4 Å². The molecule has 0 saturated carbocycles. The van der Waals surface area contributed by atoms with Crippen LogP contribution in [0, 0.1) is 0 Å². The predicted molar refractivity (Wildman–Crippen MR) is 71.3 cm³/mol. The number of nitrogens with one attached hydrogen (secondary N) is 1. The summed E-state index contributed by atoms with van der Waals surface area (Å²) in [7, 11) is 0. The van der Waals surface area contributed by atoms with Crippen LogP contribution in [0.25, 0.3) is 0 Å². The Morgan fingerprint density at radius 2 is 2.33 bits per heavy atom. The van der Waals surface area contributed by atoms with E-state index in [2.05, 4.69) is 5.32 Å². The molecule has 0 aromatic heterocycles. The van der Waals surface area contributed by atoms with Gasteiger partial charge in [-0.05, 0) is 24.6 Å². The normalized spacial score (nSPS) is 19.6. The number of halogens is 1. The number of carbonyl (C=O) groups excluding carboxylic acids is 2. The van der Waals surface area contributed by atoms with Gasteiger partial charge in [-0.1, -0.05) is 18.5 Å². The van der Waals surface area contributed by atoms with Crippen LogP contribution in [0.1, 0.15) is 23.7 Å². The van der Waals surface area contributed by atoms with E-state index in [1.807, 2.05) is 11.8 Å². The molecule has 1 heterocycles. The van der Waals surface area contributed by atoms with Crippen molar-refractivity contribution in [3.05, 3.63) is 28.8 Å². The Morgan fingerprint density at radius 3 is 2.94 bits per heavy atom. The number of aldehydes is 1. The average Bonchev–Trinajstić information content (AvgIpc) is 2.38. The maximum atomic E-state index is 11.8. The first kappa shape index (κ1) is 12.9. The van der Waals surface area contributed by atoms with Crippen molar-refractivity contribution in [1.82, 2.24) is 5.32 Å². The second-order valence-electron chi connectivity index (χ2n) is 4.24. The molecule has 5 heteroatoms. The van der Waals surface area contributed by atoms with Crippen LogP contribution in [-0.4, -0.2) is 31.3 Å². The van der Waals surface area contributed by atoms with Gasteiger partial charge in [0.25, 0.3) is 0 Å². The van der Waals surface area contributed by atoms with Gasteiger partial charge in [0.15, 0.2) is 0 Å². The van der Waals surface area contributed by atoms with E-state index in [1.165, 1.54) is 0 Å². The quantitative estimate of drug-likeness (QED) is 0.850. The summed E-state index contributed by atoms with van der Waals surface area (Å²) in [4.78, 5) is 24.5. The van der Waals surface area contributed by atoms with E-state index >= 15 is 0 Å². The first-order valence-corrected chi connectivity index (χ1v) is 6.34. The lowest BCUT2D eigenvalue weighted by Crippen LogP contribution is -2.55. The zero-order valence-electron chi connectivity index (χ0n) is 10.1. The van der Waals surface area contributed by atoms with E-state index in [-0.39, 0.29) is 11.9 Å². The molecule has 1 fully saturated rings. The van der Waals surface area contributed by atoms with Gasteiger partial charge in [0.2, 0.25) is 5.91 Å². The summed E-state index contributed by atoms with van der Waals surface area (Å²) in [5.41, 5.74) is 1.35. The molecule has 0 radical (unpaired) electrons. The molecule has 1 amide bonds. The van der Waals surface area contributed by atoms with Gasteiger partial charge in [-0.15, -0.1) is 0 Å². The number of rotatable bonds is 3. The fourth-order valence-electron chi connectivity index (χ4n) is 2.24. The van der Waals surface area contributed by atoms with Crippen molar-refractivity contribution in [2.45, 2.75) is 19.4 Å². The van der Waals surface area contributed by atoms with Crippen LogP contribution in [-0.2, 0) is 4.79 Å². The maximum absolute atomic E-state index is 11.8. The Balaban J connectivity index is 2.34. The summed E-state index contributed by atoms with van der Waals surface area (Å²) in [6.07, 6.45) is 1.48. The number of hydrogen-bond acceptors (Lipinski definition) is 3. The molecule has 18 heavy (non-hydrogen) atoms. The summed E-state index contributed by atoms with van der Waals surface area (Å²) in [6, 6.07) is 4.95. The van der Waals surface area contributed by atoms with Crippen molar-refractivity contribution in [1.29, 1.82) is 0 Å². The Bertz CT molecular complexity index is 476. The van der Waals surface area contributed by atoms with Crippen LogP contribution in [0.5, 0.6) is 0 Å². The summed E-state index contributed by atoms with van der Waals surface area (Å²) in [6.45, 7) is 3.31. The fraction of sp³-hybridized carbons (Fsp3) is 0.385. The molecular weight excluding hydrogens is 252 g/mol. The largest absolute Gasteiger partial charge is 0.357 e. The molecule has 1 atom stereocenters. The lowest BCUT2D eigenvalue weighted by atomic mass is 10.1. The number of anilines is 1. The average molecular weight is 267 g/mol. The summed E-state index contributed by atoms with van der Waals surface area (Å²) in [5.74, 6) is 0.0271. The molecule has 1 saturated heterocycles. The summed E-state index contributed by atoms with van der Waals surface area (Å²) >= 11 is 6.18. The van der Waals surface area contributed by atoms with Crippen LogP contribution in [0.2, 0.25) is 5.02 Å². The Labute approximate surface area is 111 Å². The van der Waals surface area contributed by atoms with Crippen molar-refractivity contribution in [3.63, 3.8) is 0 Å². The molecule has 1 aliphatic heterocycles. The van der Waals surface area contributed by atoms with Crippen LogP contribution >= 0.6 is 11.6 Å². The highest BCUT2D eigenvalue weighted by Crippen LogP contribution is 2.29. The van der Waals surface area contributed by atoms with Crippen molar-refractivity contribution in [2.24, 2.45) is 0 Å². The van der Waals surface area contributed by atoms with Crippen LogP contribution in [0.15, 0.2) is 18.2 Å². The number of amides is 1. The van der Waals surface area contributed by atoms with Crippen molar-refractivity contribution >= 4 is 29.5 Å². The molecule has 1 unspecified atom stereocenters. The minimum Gasteiger partial charge on any atom is -0.357 e. The molecule has 1 aromatic rings. The molecule has 96 valence electrons.